The summed E-state index contributed by atoms with van der Waals surface area (Å²) in [4.78, 5) is 0.0946. The second-order valence-electron chi connectivity index (χ2n) is 6.04. The number of sulfonamides is 1. The minimum Gasteiger partial charge on any atom is -0.504 e. The maximum Gasteiger partial charge on any atom is 0.285 e. The Morgan fingerprint density at radius 3 is 2.62 bits per heavy atom. The molecule has 2 aromatic rings. The number of hydrazone groups is 1. The number of phenols is 1. The van der Waals surface area contributed by atoms with Crippen molar-refractivity contribution in [1.82, 2.24) is 5.01 Å². The van der Waals surface area contributed by atoms with Crippen molar-refractivity contribution in [2.75, 3.05) is 34.5 Å². The number of fused-ring (bicyclic) bond motifs is 1. The van der Waals surface area contributed by atoms with Gasteiger partial charge >= 0.3 is 0 Å². The molecule has 0 aromatic heterocycles. The third kappa shape index (κ3) is 4.33. The van der Waals surface area contributed by atoms with Crippen molar-refractivity contribution in [3.05, 3.63) is 47.5 Å². The lowest BCUT2D eigenvalue weighted by Crippen LogP contribution is -2.29. The highest BCUT2D eigenvalue weighted by atomic mass is 32.2. The van der Waals surface area contributed by atoms with Gasteiger partial charge in [-0.25, -0.2) is 5.01 Å². The Hall–Kier alpha value is -3.11. The summed E-state index contributed by atoms with van der Waals surface area (Å²) in [6, 6.07) is 9.38. The Morgan fingerprint density at radius 2 is 1.93 bits per heavy atom. The largest absolute Gasteiger partial charge is 0.504 e. The molecule has 0 amide bonds. The third-order valence-corrected chi connectivity index (χ3v) is 5.54. The summed E-state index contributed by atoms with van der Waals surface area (Å²) < 4.78 is 44.2. The number of methoxy groups -OCH3 is 3. The van der Waals surface area contributed by atoms with E-state index in [1.165, 1.54) is 44.7 Å². The van der Waals surface area contributed by atoms with E-state index in [1.54, 1.807) is 24.3 Å². The number of hydrogen-bond donors (Lipinski definition) is 1. The monoisotopic (exact) mass is 419 g/mol. The fourth-order valence-electron chi connectivity index (χ4n) is 2.74. The van der Waals surface area contributed by atoms with Crippen LogP contribution >= 0.6 is 0 Å². The summed E-state index contributed by atoms with van der Waals surface area (Å²) >= 11 is 0. The van der Waals surface area contributed by atoms with Crippen molar-refractivity contribution < 1.29 is 27.7 Å². The zero-order valence-electron chi connectivity index (χ0n) is 16.2. The molecular formula is C19H21N3O6S. The van der Waals surface area contributed by atoms with Crippen molar-refractivity contribution in [3.8, 4) is 17.2 Å². The Bertz CT molecular complexity index is 1070. The van der Waals surface area contributed by atoms with Crippen molar-refractivity contribution in [2.45, 2.75) is 4.90 Å². The van der Waals surface area contributed by atoms with Crippen molar-refractivity contribution in [3.63, 3.8) is 0 Å². The summed E-state index contributed by atoms with van der Waals surface area (Å²) in [5.41, 5.74) is 1.05. The number of phenolic OH excluding ortho intramolecular Hbond substituents is 1. The minimum atomic E-state index is -3.83. The number of aromatic hydroxyl groups is 1. The number of nitrogens with zero attached hydrogens (tertiary/aromatic N) is 3. The highest BCUT2D eigenvalue weighted by Gasteiger charge is 2.32. The van der Waals surface area contributed by atoms with Gasteiger partial charge in [0.05, 0.1) is 33.6 Å². The SMILES string of the molecule is COCCN(N=Cc1ccc(O)c(OC)c1)C1=NS(=O)(=O)c2ccc(OC)cc21. The van der Waals surface area contributed by atoms with Gasteiger partial charge in [-0.3, -0.25) is 0 Å². The van der Waals surface area contributed by atoms with Crippen LogP contribution in [0.5, 0.6) is 17.2 Å². The van der Waals surface area contributed by atoms with Gasteiger partial charge in [0.2, 0.25) is 0 Å². The molecule has 154 valence electrons. The molecule has 29 heavy (non-hydrogen) atoms. The molecule has 1 heterocycles. The van der Waals surface area contributed by atoms with Crippen LogP contribution in [0.3, 0.4) is 0 Å². The molecule has 1 aliphatic heterocycles. The van der Waals surface area contributed by atoms with E-state index in [1.807, 2.05) is 0 Å². The molecule has 1 aliphatic rings. The number of hydrogen-bond acceptors (Lipinski definition) is 8. The molecule has 0 unspecified atom stereocenters. The Morgan fingerprint density at radius 1 is 1.14 bits per heavy atom. The van der Waals surface area contributed by atoms with Gasteiger partial charge in [0.25, 0.3) is 10.0 Å². The summed E-state index contributed by atoms with van der Waals surface area (Å²) in [7, 11) is 0.661. The van der Waals surface area contributed by atoms with Crippen molar-refractivity contribution in [1.29, 1.82) is 0 Å². The molecule has 0 fully saturated rings. The van der Waals surface area contributed by atoms with Crippen LogP contribution < -0.4 is 9.47 Å². The molecule has 3 rings (SSSR count). The second-order valence-corrected chi connectivity index (χ2v) is 7.62. The van der Waals surface area contributed by atoms with Crippen LogP contribution in [0, 0.1) is 0 Å². The average Bonchev–Trinajstić information content (AvgIpc) is 2.99. The van der Waals surface area contributed by atoms with Gasteiger partial charge in [0, 0.05) is 12.7 Å². The molecule has 2 aromatic carbocycles. The lowest BCUT2D eigenvalue weighted by molar-refractivity contribution is 0.178. The van der Waals surface area contributed by atoms with Gasteiger partial charge in [-0.2, -0.15) is 13.5 Å². The van der Waals surface area contributed by atoms with Gasteiger partial charge in [0.1, 0.15) is 10.6 Å². The predicted molar refractivity (Wildman–Crippen MR) is 108 cm³/mol. The topological polar surface area (TPSA) is 110 Å². The minimum absolute atomic E-state index is 0.00757. The zero-order valence-corrected chi connectivity index (χ0v) is 17.0. The van der Waals surface area contributed by atoms with Crippen molar-refractivity contribution >= 4 is 22.1 Å². The number of benzene rings is 2. The normalized spacial score (nSPS) is 14.5. The van der Waals surface area contributed by atoms with E-state index in [-0.39, 0.29) is 23.0 Å². The van der Waals surface area contributed by atoms with Crippen LogP contribution in [0.2, 0.25) is 0 Å². The molecule has 9 nitrogen and oxygen atoms in total. The van der Waals surface area contributed by atoms with Crippen LogP contribution in [0.25, 0.3) is 0 Å². The summed E-state index contributed by atoms with van der Waals surface area (Å²) in [5, 5.41) is 15.6. The maximum absolute atomic E-state index is 12.5. The molecule has 0 bridgehead atoms. The molecule has 0 saturated heterocycles. The van der Waals surface area contributed by atoms with E-state index in [9.17, 15) is 13.5 Å². The molecule has 0 spiro atoms. The third-order valence-electron chi connectivity index (χ3n) is 4.21. The number of ether oxygens (including phenoxy) is 3. The summed E-state index contributed by atoms with van der Waals surface area (Å²) in [6.45, 7) is 0.571. The average molecular weight is 419 g/mol. The second kappa shape index (κ2) is 8.50. The Balaban J connectivity index is 2.00. The predicted octanol–water partition coefficient (Wildman–Crippen LogP) is 1.84. The van der Waals surface area contributed by atoms with E-state index < -0.39 is 10.0 Å². The van der Waals surface area contributed by atoms with E-state index >= 15 is 0 Å². The first kappa shape index (κ1) is 20.6. The van der Waals surface area contributed by atoms with Crippen LogP contribution in [0.1, 0.15) is 11.1 Å². The van der Waals surface area contributed by atoms with Gasteiger partial charge < -0.3 is 19.3 Å². The highest BCUT2D eigenvalue weighted by molar-refractivity contribution is 7.90. The van der Waals surface area contributed by atoms with E-state index in [2.05, 4.69) is 9.50 Å². The van der Waals surface area contributed by atoms with Crippen LogP contribution in [-0.4, -0.2) is 65.1 Å². The molecule has 0 radical (unpaired) electrons. The molecule has 0 saturated carbocycles. The smallest absolute Gasteiger partial charge is 0.285 e. The quantitative estimate of drug-likeness (QED) is 0.539. The fourth-order valence-corrected chi connectivity index (χ4v) is 3.93. The molecule has 0 aliphatic carbocycles. The van der Waals surface area contributed by atoms with Gasteiger partial charge in [0.15, 0.2) is 17.3 Å². The van der Waals surface area contributed by atoms with Gasteiger partial charge in [-0.15, -0.1) is 4.40 Å². The van der Waals surface area contributed by atoms with Crippen LogP contribution in [0.4, 0.5) is 0 Å². The fraction of sp³-hybridized carbons (Fsp3) is 0.263. The van der Waals surface area contributed by atoms with Crippen LogP contribution in [0.15, 0.2) is 50.8 Å². The standard InChI is InChI=1S/C19H21N3O6S/c1-26-9-8-22(20-12-13-4-6-16(23)17(10-13)28-3)19-15-11-14(27-2)5-7-18(15)29(24,25)21-19/h4-7,10-12,23H,8-9H2,1-3H3. The molecule has 10 heteroatoms. The number of amidine groups is 1. The van der Waals surface area contributed by atoms with Crippen LogP contribution in [-0.2, 0) is 14.8 Å². The van der Waals surface area contributed by atoms with E-state index in [4.69, 9.17) is 14.2 Å². The van der Waals surface area contributed by atoms with Gasteiger partial charge in [-0.05, 0) is 42.0 Å². The molecular weight excluding hydrogens is 398 g/mol. The summed E-state index contributed by atoms with van der Waals surface area (Å²) in [5.74, 6) is 0.992. The molecule has 1 N–H and O–H groups in total. The Labute approximate surface area is 168 Å². The first-order valence-electron chi connectivity index (χ1n) is 8.60. The lowest BCUT2D eigenvalue weighted by Gasteiger charge is -2.18. The van der Waals surface area contributed by atoms with Gasteiger partial charge in [-0.1, -0.05) is 0 Å². The summed E-state index contributed by atoms with van der Waals surface area (Å²) in [6.07, 6.45) is 1.52. The number of rotatable bonds is 7. The highest BCUT2D eigenvalue weighted by Crippen LogP contribution is 2.31. The first-order chi connectivity index (χ1) is 13.9. The van der Waals surface area contributed by atoms with E-state index in [0.29, 0.717) is 29.2 Å². The van der Waals surface area contributed by atoms with Crippen molar-refractivity contribution in [2.24, 2.45) is 9.50 Å². The first-order valence-corrected chi connectivity index (χ1v) is 10.0. The Kier molecular flexibility index (Phi) is 6.04. The van der Waals surface area contributed by atoms with E-state index in [0.717, 1.165) is 0 Å². The zero-order chi connectivity index (χ0) is 21.0. The maximum atomic E-state index is 12.5. The lowest BCUT2D eigenvalue weighted by atomic mass is 10.2. The molecule has 0 atom stereocenters.